The van der Waals surface area contributed by atoms with Crippen molar-refractivity contribution in [3.8, 4) is 0 Å². The number of para-hydroxylation sites is 1. The molecule has 23 heavy (non-hydrogen) atoms. The number of benzene rings is 1. The fourth-order valence-electron chi connectivity index (χ4n) is 3.88. The highest BCUT2D eigenvalue weighted by atomic mass is 15.3. The Morgan fingerprint density at radius 2 is 1.83 bits per heavy atom. The molecular weight excluding hydrogens is 284 g/mol. The first kappa shape index (κ1) is 16.7. The molecule has 0 saturated carbocycles. The van der Waals surface area contributed by atoms with Gasteiger partial charge in [-0.15, -0.1) is 0 Å². The second-order valence-electron chi connectivity index (χ2n) is 7.05. The van der Waals surface area contributed by atoms with E-state index in [1.807, 2.05) is 0 Å². The Morgan fingerprint density at radius 3 is 2.57 bits per heavy atom. The number of nitrogens with zero attached hydrogens (tertiary/aromatic N) is 3. The molecule has 1 aromatic rings. The van der Waals surface area contributed by atoms with Crippen LogP contribution in [0.1, 0.15) is 25.8 Å². The smallest absolute Gasteiger partial charge is 0.0412 e. The van der Waals surface area contributed by atoms with Crippen LogP contribution in [0.15, 0.2) is 24.3 Å². The number of hydrogen-bond acceptors (Lipinski definition) is 4. The largest absolute Gasteiger partial charge is 0.369 e. The molecular formula is C19H32N4. The summed E-state index contributed by atoms with van der Waals surface area (Å²) in [6, 6.07) is 9.63. The maximum Gasteiger partial charge on any atom is 0.0412 e. The van der Waals surface area contributed by atoms with Crippen LogP contribution in [0.2, 0.25) is 0 Å². The first-order valence-corrected chi connectivity index (χ1v) is 9.27. The summed E-state index contributed by atoms with van der Waals surface area (Å²) in [4.78, 5) is 7.78. The lowest BCUT2D eigenvalue weighted by Gasteiger charge is -2.38. The summed E-state index contributed by atoms with van der Waals surface area (Å²) in [7, 11) is 0. The average Bonchev–Trinajstić information content (AvgIpc) is 2.57. The summed E-state index contributed by atoms with van der Waals surface area (Å²) in [6.45, 7) is 15.0. The quantitative estimate of drug-likeness (QED) is 0.897. The van der Waals surface area contributed by atoms with Gasteiger partial charge in [-0.1, -0.05) is 25.1 Å². The average molecular weight is 316 g/mol. The summed E-state index contributed by atoms with van der Waals surface area (Å²) in [6.07, 6.45) is 1.26. The molecule has 0 unspecified atom stereocenters. The molecule has 128 valence electrons. The summed E-state index contributed by atoms with van der Waals surface area (Å²) >= 11 is 0. The summed E-state index contributed by atoms with van der Waals surface area (Å²) in [5, 5.41) is 3.53. The van der Waals surface area contributed by atoms with Gasteiger partial charge in [-0.25, -0.2) is 0 Å². The van der Waals surface area contributed by atoms with E-state index in [9.17, 15) is 0 Å². The Hall–Kier alpha value is -1.10. The number of hydrogen-bond donors (Lipinski definition) is 1. The van der Waals surface area contributed by atoms with Crippen LogP contribution in [-0.2, 0) is 6.54 Å². The van der Waals surface area contributed by atoms with Crippen molar-refractivity contribution < 1.29 is 0 Å². The molecule has 1 N–H and O–H groups in total. The lowest BCUT2D eigenvalue weighted by molar-refractivity contribution is 0.199. The topological polar surface area (TPSA) is 21.8 Å². The predicted octanol–water partition coefficient (Wildman–Crippen LogP) is 2.01. The summed E-state index contributed by atoms with van der Waals surface area (Å²) in [5.74, 6) is 0. The Morgan fingerprint density at radius 1 is 1.04 bits per heavy atom. The molecule has 2 saturated heterocycles. The molecule has 0 aliphatic carbocycles. The van der Waals surface area contributed by atoms with Gasteiger partial charge in [-0.05, 0) is 31.5 Å². The van der Waals surface area contributed by atoms with Gasteiger partial charge in [-0.2, -0.15) is 0 Å². The van der Waals surface area contributed by atoms with Gasteiger partial charge in [0.25, 0.3) is 0 Å². The highest BCUT2D eigenvalue weighted by Gasteiger charge is 2.21. The van der Waals surface area contributed by atoms with Crippen LogP contribution < -0.4 is 10.2 Å². The lowest BCUT2D eigenvalue weighted by atomic mass is 10.1. The first-order valence-electron chi connectivity index (χ1n) is 9.27. The Labute approximate surface area is 141 Å². The zero-order valence-electron chi connectivity index (χ0n) is 14.8. The van der Waals surface area contributed by atoms with Gasteiger partial charge in [0.2, 0.25) is 0 Å². The van der Waals surface area contributed by atoms with Gasteiger partial charge < -0.3 is 10.2 Å². The SMILES string of the molecule is CCCN1CCN(c2ccccc2CN2CCN[C@H](C)C2)CC1. The third-order valence-electron chi connectivity index (χ3n) is 5.09. The zero-order chi connectivity index (χ0) is 16.1. The van der Waals surface area contributed by atoms with Gasteiger partial charge in [0, 0.05) is 64.1 Å². The van der Waals surface area contributed by atoms with E-state index in [2.05, 4.69) is 58.1 Å². The molecule has 2 aliphatic heterocycles. The second kappa shape index (κ2) is 8.13. The predicted molar refractivity (Wildman–Crippen MR) is 98.1 cm³/mol. The van der Waals surface area contributed by atoms with Gasteiger partial charge in [0.1, 0.15) is 0 Å². The highest BCUT2D eigenvalue weighted by Crippen LogP contribution is 2.23. The molecule has 2 heterocycles. The maximum absolute atomic E-state index is 3.53. The molecule has 2 fully saturated rings. The molecule has 4 heteroatoms. The van der Waals surface area contributed by atoms with E-state index >= 15 is 0 Å². The number of nitrogens with one attached hydrogen (secondary N) is 1. The maximum atomic E-state index is 3.53. The Bertz CT molecular complexity index is 482. The molecule has 2 aliphatic rings. The van der Waals surface area contributed by atoms with Crippen molar-refractivity contribution in [2.75, 3.05) is 57.3 Å². The molecule has 3 rings (SSSR count). The van der Waals surface area contributed by atoms with E-state index in [0.29, 0.717) is 6.04 Å². The van der Waals surface area contributed by atoms with Gasteiger partial charge in [-0.3, -0.25) is 9.80 Å². The van der Waals surface area contributed by atoms with Crippen LogP contribution in [0.5, 0.6) is 0 Å². The van der Waals surface area contributed by atoms with Crippen molar-refractivity contribution in [3.05, 3.63) is 29.8 Å². The van der Waals surface area contributed by atoms with Crippen LogP contribution in [-0.4, -0.2) is 68.2 Å². The summed E-state index contributed by atoms with van der Waals surface area (Å²) < 4.78 is 0. The first-order chi connectivity index (χ1) is 11.3. The minimum absolute atomic E-state index is 0.605. The molecule has 0 radical (unpaired) electrons. The minimum atomic E-state index is 0.605. The minimum Gasteiger partial charge on any atom is -0.369 e. The van der Waals surface area contributed by atoms with Gasteiger partial charge >= 0.3 is 0 Å². The van der Waals surface area contributed by atoms with Crippen LogP contribution in [0.4, 0.5) is 5.69 Å². The van der Waals surface area contributed by atoms with E-state index < -0.39 is 0 Å². The second-order valence-corrected chi connectivity index (χ2v) is 7.05. The van der Waals surface area contributed by atoms with Crippen molar-refractivity contribution in [3.63, 3.8) is 0 Å². The fraction of sp³-hybridized carbons (Fsp3) is 0.684. The molecule has 1 aromatic carbocycles. The van der Waals surface area contributed by atoms with Gasteiger partial charge in [0.05, 0.1) is 0 Å². The highest BCUT2D eigenvalue weighted by molar-refractivity contribution is 5.54. The Balaban J connectivity index is 1.64. The van der Waals surface area contributed by atoms with E-state index in [0.717, 1.165) is 39.3 Å². The van der Waals surface area contributed by atoms with Crippen LogP contribution in [0, 0.1) is 0 Å². The molecule has 0 aromatic heterocycles. The van der Waals surface area contributed by atoms with Crippen molar-refractivity contribution in [1.29, 1.82) is 0 Å². The van der Waals surface area contributed by atoms with Crippen LogP contribution in [0.3, 0.4) is 0 Å². The molecule has 4 nitrogen and oxygen atoms in total. The number of piperazine rings is 2. The van der Waals surface area contributed by atoms with Crippen molar-refractivity contribution in [2.45, 2.75) is 32.9 Å². The third-order valence-corrected chi connectivity index (χ3v) is 5.09. The lowest BCUT2D eigenvalue weighted by Crippen LogP contribution is -2.49. The van der Waals surface area contributed by atoms with Crippen molar-refractivity contribution in [2.24, 2.45) is 0 Å². The Kier molecular flexibility index (Phi) is 5.92. The number of anilines is 1. The molecule has 0 amide bonds. The monoisotopic (exact) mass is 316 g/mol. The fourth-order valence-corrected chi connectivity index (χ4v) is 3.88. The van der Waals surface area contributed by atoms with E-state index in [4.69, 9.17) is 0 Å². The van der Waals surface area contributed by atoms with Crippen molar-refractivity contribution in [1.82, 2.24) is 15.1 Å². The standard InChI is InChI=1S/C19H32N4/c1-3-9-21-11-13-23(14-12-21)19-7-5-4-6-18(19)16-22-10-8-20-17(2)15-22/h4-7,17,20H,3,8-16H2,1-2H3/t17-/m1/s1. The molecule has 0 spiro atoms. The van der Waals surface area contributed by atoms with E-state index in [1.54, 1.807) is 0 Å². The van der Waals surface area contributed by atoms with Crippen LogP contribution >= 0.6 is 0 Å². The van der Waals surface area contributed by atoms with Gasteiger partial charge in [0.15, 0.2) is 0 Å². The molecule has 1 atom stereocenters. The number of rotatable bonds is 5. The van der Waals surface area contributed by atoms with Crippen LogP contribution in [0.25, 0.3) is 0 Å². The van der Waals surface area contributed by atoms with E-state index in [-0.39, 0.29) is 0 Å². The van der Waals surface area contributed by atoms with E-state index in [1.165, 1.54) is 37.3 Å². The summed E-state index contributed by atoms with van der Waals surface area (Å²) in [5.41, 5.74) is 2.94. The zero-order valence-corrected chi connectivity index (χ0v) is 14.8. The van der Waals surface area contributed by atoms with Crippen molar-refractivity contribution >= 4 is 5.69 Å². The normalized spacial score (nSPS) is 24.1. The third kappa shape index (κ3) is 4.46. The molecule has 0 bridgehead atoms.